The van der Waals surface area contributed by atoms with Gasteiger partial charge in [0.25, 0.3) is 0 Å². The number of hydrazone groups is 1. The Bertz CT molecular complexity index is 1130. The first-order valence-electron chi connectivity index (χ1n) is 9.56. The lowest BCUT2D eigenvalue weighted by Crippen LogP contribution is -2.21. The van der Waals surface area contributed by atoms with E-state index >= 15 is 0 Å². The summed E-state index contributed by atoms with van der Waals surface area (Å²) < 4.78 is 42.4. The van der Waals surface area contributed by atoms with Gasteiger partial charge in [-0.2, -0.15) is 22.7 Å². The molecule has 0 fully saturated rings. The predicted molar refractivity (Wildman–Crippen MR) is 124 cm³/mol. The summed E-state index contributed by atoms with van der Waals surface area (Å²) in [6.07, 6.45) is -4.38. The molecule has 1 unspecified atom stereocenters. The van der Waals surface area contributed by atoms with Crippen LogP contribution >= 0.6 is 35.1 Å². The van der Waals surface area contributed by atoms with E-state index in [4.69, 9.17) is 23.2 Å². The molecule has 0 bridgehead atoms. The van der Waals surface area contributed by atoms with Crippen LogP contribution in [-0.2, 0) is 6.18 Å². The molecule has 0 amide bonds. The second kappa shape index (κ2) is 9.57. The number of alkyl halides is 3. The topological polar surface area (TPSA) is 28.0 Å². The van der Waals surface area contributed by atoms with Crippen LogP contribution < -0.4 is 0 Å². The van der Waals surface area contributed by atoms with Crippen LogP contribution in [0.15, 0.2) is 93.3 Å². The molecule has 0 saturated carbocycles. The quantitative estimate of drug-likeness (QED) is 0.163. The Morgan fingerprint density at radius 3 is 2.25 bits per heavy atom. The average Bonchev–Trinajstić information content (AvgIpc) is 3.24. The highest BCUT2D eigenvalue weighted by Crippen LogP contribution is 2.33. The summed E-state index contributed by atoms with van der Waals surface area (Å²) in [4.78, 5) is 0.539. The molecule has 1 aliphatic heterocycles. The van der Waals surface area contributed by atoms with Gasteiger partial charge in [-0.25, -0.2) is 5.01 Å². The molecule has 9 heteroatoms. The summed E-state index contributed by atoms with van der Waals surface area (Å²) in [5, 5.41) is 7.06. The van der Waals surface area contributed by atoms with Gasteiger partial charge in [-0.15, -0.1) is 0 Å². The maximum atomic E-state index is 12.7. The summed E-state index contributed by atoms with van der Waals surface area (Å²) in [6, 6.07) is 22.1. The van der Waals surface area contributed by atoms with E-state index in [1.54, 1.807) is 17.1 Å². The SMILES string of the molecule is FC(F)(F)c1ccc(S/N=C(\Cl)N2CC(c3ccccc3)C(c3ccc(Cl)cc3)=N2)cc1. The Labute approximate surface area is 197 Å². The number of nitrogens with zero attached hydrogens (tertiary/aromatic N) is 3. The van der Waals surface area contributed by atoms with Gasteiger partial charge in [0.15, 0.2) is 0 Å². The third-order valence-corrected chi connectivity index (χ3v) is 6.26. The van der Waals surface area contributed by atoms with Gasteiger partial charge in [-0.05, 0) is 59.1 Å². The largest absolute Gasteiger partial charge is 0.416 e. The van der Waals surface area contributed by atoms with Crippen molar-refractivity contribution in [3.05, 3.63) is 101 Å². The van der Waals surface area contributed by atoms with E-state index in [-0.39, 0.29) is 11.2 Å². The van der Waals surface area contributed by atoms with Crippen molar-refractivity contribution < 1.29 is 13.2 Å². The lowest BCUT2D eigenvalue weighted by atomic mass is 9.91. The molecule has 0 spiro atoms. The first-order chi connectivity index (χ1) is 15.3. The summed E-state index contributed by atoms with van der Waals surface area (Å²) in [5.74, 6) is -0.0302. The molecule has 1 atom stereocenters. The van der Waals surface area contributed by atoms with E-state index < -0.39 is 11.7 Å². The molecule has 3 nitrogen and oxygen atoms in total. The van der Waals surface area contributed by atoms with Crippen LogP contribution in [0.2, 0.25) is 5.02 Å². The van der Waals surface area contributed by atoms with Crippen LogP contribution in [0, 0.1) is 0 Å². The van der Waals surface area contributed by atoms with E-state index in [9.17, 15) is 13.2 Å². The lowest BCUT2D eigenvalue weighted by Gasteiger charge is -2.15. The molecule has 1 heterocycles. The monoisotopic (exact) mass is 493 g/mol. The number of hydrogen-bond donors (Lipinski definition) is 0. The van der Waals surface area contributed by atoms with Crippen LogP contribution in [0.25, 0.3) is 0 Å². The van der Waals surface area contributed by atoms with Gasteiger partial charge in [-0.1, -0.05) is 54.1 Å². The van der Waals surface area contributed by atoms with Gasteiger partial charge in [0.1, 0.15) is 0 Å². The highest BCUT2D eigenvalue weighted by atomic mass is 35.5. The third-order valence-electron chi connectivity index (χ3n) is 4.88. The lowest BCUT2D eigenvalue weighted by molar-refractivity contribution is -0.137. The molecule has 0 aliphatic carbocycles. The van der Waals surface area contributed by atoms with E-state index in [2.05, 4.69) is 9.50 Å². The Hall–Kier alpha value is -2.48. The molecule has 0 aromatic heterocycles. The minimum atomic E-state index is -4.38. The van der Waals surface area contributed by atoms with Crippen LogP contribution in [0.3, 0.4) is 0 Å². The van der Waals surface area contributed by atoms with Crippen LogP contribution in [0.1, 0.15) is 22.6 Å². The van der Waals surface area contributed by atoms with E-state index in [0.29, 0.717) is 16.5 Å². The molecule has 1 aliphatic rings. The van der Waals surface area contributed by atoms with Gasteiger partial charge in [-0.3, -0.25) is 0 Å². The first-order valence-corrected chi connectivity index (χ1v) is 11.1. The number of amidine groups is 1. The van der Waals surface area contributed by atoms with Crippen molar-refractivity contribution in [2.75, 3.05) is 6.54 Å². The molecular formula is C23H16Cl2F3N3S. The van der Waals surface area contributed by atoms with Crippen molar-refractivity contribution in [3.8, 4) is 0 Å². The fraction of sp³-hybridized carbons (Fsp3) is 0.130. The molecule has 0 N–H and O–H groups in total. The second-order valence-electron chi connectivity index (χ2n) is 7.01. The molecule has 3 aromatic carbocycles. The van der Waals surface area contributed by atoms with Gasteiger partial charge in [0.05, 0.1) is 17.8 Å². The zero-order chi connectivity index (χ0) is 22.7. The summed E-state index contributed by atoms with van der Waals surface area (Å²) in [6.45, 7) is 0.484. The second-order valence-corrected chi connectivity index (χ2v) is 8.62. The zero-order valence-corrected chi connectivity index (χ0v) is 18.8. The number of rotatable bonds is 4. The Morgan fingerprint density at radius 1 is 0.969 bits per heavy atom. The Morgan fingerprint density at radius 2 is 1.62 bits per heavy atom. The first kappa shape index (κ1) is 22.7. The number of hydrogen-bond acceptors (Lipinski definition) is 3. The molecule has 32 heavy (non-hydrogen) atoms. The predicted octanol–water partition coefficient (Wildman–Crippen LogP) is 7.46. The van der Waals surface area contributed by atoms with Crippen molar-refractivity contribution in [2.24, 2.45) is 9.50 Å². The molecular weight excluding hydrogens is 478 g/mol. The molecule has 3 aromatic rings. The van der Waals surface area contributed by atoms with E-state index in [1.165, 1.54) is 12.1 Å². The standard InChI is InChI=1S/C23H16Cl2F3N3S/c24-18-10-6-16(7-11-18)21-20(15-4-2-1-3-5-15)14-31(29-21)22(25)30-32-19-12-8-17(9-13-19)23(26,27)28/h1-13,20H,14H2/b30-22+. The van der Waals surface area contributed by atoms with Gasteiger partial charge < -0.3 is 0 Å². The molecule has 0 radical (unpaired) electrons. The summed E-state index contributed by atoms with van der Waals surface area (Å²) >= 11 is 13.4. The normalized spacial score (nSPS) is 16.9. The van der Waals surface area contributed by atoms with Crippen LogP contribution in [0.5, 0.6) is 0 Å². The van der Waals surface area contributed by atoms with Crippen molar-refractivity contribution in [1.29, 1.82) is 0 Å². The average molecular weight is 494 g/mol. The maximum absolute atomic E-state index is 12.7. The van der Waals surface area contributed by atoms with Gasteiger partial charge in [0, 0.05) is 27.8 Å². The minimum Gasteiger partial charge on any atom is -0.236 e. The van der Waals surface area contributed by atoms with Crippen molar-refractivity contribution in [1.82, 2.24) is 5.01 Å². The minimum absolute atomic E-state index is 0.0302. The fourth-order valence-electron chi connectivity index (χ4n) is 3.29. The molecule has 4 rings (SSSR count). The molecule has 164 valence electrons. The van der Waals surface area contributed by atoms with Crippen LogP contribution in [0.4, 0.5) is 13.2 Å². The van der Waals surface area contributed by atoms with Crippen LogP contribution in [-0.4, -0.2) is 22.6 Å². The third kappa shape index (κ3) is 5.28. The smallest absolute Gasteiger partial charge is 0.236 e. The van der Waals surface area contributed by atoms with E-state index in [1.807, 2.05) is 42.5 Å². The van der Waals surface area contributed by atoms with Crippen molar-refractivity contribution in [3.63, 3.8) is 0 Å². The summed E-state index contributed by atoms with van der Waals surface area (Å²) in [7, 11) is 0. The Kier molecular flexibility index (Phi) is 6.79. The van der Waals surface area contributed by atoms with Crippen molar-refractivity contribution in [2.45, 2.75) is 17.0 Å². The molecule has 0 saturated heterocycles. The zero-order valence-electron chi connectivity index (χ0n) is 16.4. The number of halogens is 5. The maximum Gasteiger partial charge on any atom is 0.416 e. The van der Waals surface area contributed by atoms with Gasteiger partial charge in [0.2, 0.25) is 5.29 Å². The van der Waals surface area contributed by atoms with Gasteiger partial charge >= 0.3 is 6.18 Å². The fourth-order valence-corrected chi connectivity index (χ4v) is 4.16. The summed E-state index contributed by atoms with van der Waals surface area (Å²) in [5.41, 5.74) is 2.13. The number of benzene rings is 3. The Balaban J connectivity index is 1.56. The van der Waals surface area contributed by atoms with E-state index in [0.717, 1.165) is 40.9 Å². The highest BCUT2D eigenvalue weighted by Gasteiger charge is 2.31. The van der Waals surface area contributed by atoms with Crippen molar-refractivity contribution >= 4 is 46.2 Å². The highest BCUT2D eigenvalue weighted by molar-refractivity contribution is 7.98.